The highest BCUT2D eigenvalue weighted by molar-refractivity contribution is 6.48. The lowest BCUT2D eigenvalue weighted by molar-refractivity contribution is -0.110. The van der Waals surface area contributed by atoms with Crippen LogP contribution in [0.3, 0.4) is 0 Å². The summed E-state index contributed by atoms with van der Waals surface area (Å²) in [6.07, 6.45) is 2.50. The summed E-state index contributed by atoms with van der Waals surface area (Å²) in [7, 11) is 0. The molecule has 194 valence electrons. The van der Waals surface area contributed by atoms with Gasteiger partial charge in [-0.05, 0) is 55.9 Å². The Morgan fingerprint density at radius 2 is 1.76 bits per heavy atom. The second kappa shape index (κ2) is 11.8. The summed E-state index contributed by atoms with van der Waals surface area (Å²) in [6, 6.07) is 12.5. The zero-order valence-corrected chi connectivity index (χ0v) is 22.3. The summed E-state index contributed by atoms with van der Waals surface area (Å²) in [5, 5.41) is 12.0. The third kappa shape index (κ3) is 6.33. The number of anilines is 3. The van der Waals surface area contributed by atoms with Crippen LogP contribution in [0.15, 0.2) is 54.9 Å². The molecular weight excluding hydrogens is 511 g/mol. The Hall–Kier alpha value is -3.33. The van der Waals surface area contributed by atoms with Crippen molar-refractivity contribution in [1.82, 2.24) is 9.88 Å². The molecule has 1 aromatic heterocycles. The third-order valence-corrected chi connectivity index (χ3v) is 7.04. The number of carbonyl (C=O) groups excluding carboxylic acids is 1. The second-order valence-electron chi connectivity index (χ2n) is 8.82. The van der Waals surface area contributed by atoms with Crippen LogP contribution < -0.4 is 20.7 Å². The first-order valence-corrected chi connectivity index (χ1v) is 12.8. The van der Waals surface area contributed by atoms with E-state index in [4.69, 9.17) is 39.1 Å². The van der Waals surface area contributed by atoms with E-state index in [0.29, 0.717) is 32.7 Å². The Kier molecular flexibility index (Phi) is 8.53. The zero-order valence-electron chi connectivity index (χ0n) is 20.8. The standard InChI is InChI=1S/C27H30Cl2N6O2/c1-3-34-10-12-35(13-11-34)19-6-4-18(5-7-19)33-27(36)26(31)21-14-20(8-9-24(21)30)37-17(2)25-22(28)15-32-16-23(25)29/h4-9,14-17,31H,3,10-13,30H2,1-2H3,(H,33,36). The topological polar surface area (TPSA) is 108 Å². The smallest absolute Gasteiger partial charge is 0.274 e. The van der Waals surface area contributed by atoms with Crippen LogP contribution in [0.25, 0.3) is 0 Å². The van der Waals surface area contributed by atoms with Gasteiger partial charge in [0.2, 0.25) is 0 Å². The van der Waals surface area contributed by atoms with Gasteiger partial charge < -0.3 is 25.6 Å². The number of hydrogen-bond donors (Lipinski definition) is 3. The normalized spacial score (nSPS) is 14.8. The summed E-state index contributed by atoms with van der Waals surface area (Å²) in [4.78, 5) is 21.6. The summed E-state index contributed by atoms with van der Waals surface area (Å²) in [5.74, 6) is -0.146. The number of nitrogens with two attached hydrogens (primary N) is 1. The quantitative estimate of drug-likeness (QED) is 0.265. The fraction of sp³-hybridized carbons (Fsp3) is 0.296. The van der Waals surface area contributed by atoms with Gasteiger partial charge in [0.25, 0.3) is 5.91 Å². The average molecular weight is 541 g/mol. The Morgan fingerprint density at radius 1 is 1.11 bits per heavy atom. The van der Waals surface area contributed by atoms with Crippen LogP contribution >= 0.6 is 23.2 Å². The molecule has 2 aromatic carbocycles. The monoisotopic (exact) mass is 540 g/mol. The Labute approximate surface area is 226 Å². The maximum Gasteiger partial charge on any atom is 0.274 e. The van der Waals surface area contributed by atoms with Crippen LogP contribution in [-0.4, -0.2) is 54.2 Å². The van der Waals surface area contributed by atoms with Crippen molar-refractivity contribution in [3.63, 3.8) is 0 Å². The number of nitrogens with one attached hydrogen (secondary N) is 2. The van der Waals surface area contributed by atoms with Crippen molar-refractivity contribution in [3.05, 3.63) is 76.0 Å². The maximum absolute atomic E-state index is 12.9. The zero-order chi connectivity index (χ0) is 26.5. The molecule has 1 unspecified atom stereocenters. The molecule has 0 bridgehead atoms. The summed E-state index contributed by atoms with van der Waals surface area (Å²) >= 11 is 12.5. The molecule has 0 aliphatic carbocycles. The number of ether oxygens (including phenoxy) is 1. The van der Waals surface area contributed by atoms with E-state index in [9.17, 15) is 4.79 Å². The number of piperazine rings is 1. The van der Waals surface area contributed by atoms with Gasteiger partial charge in [-0.1, -0.05) is 30.1 Å². The van der Waals surface area contributed by atoms with E-state index in [1.54, 1.807) is 25.1 Å². The number of halogens is 2. The number of likely N-dealkylation sites (N-methyl/N-ethyl adjacent to an activating group) is 1. The molecule has 1 amide bonds. The van der Waals surface area contributed by atoms with E-state index in [-0.39, 0.29) is 11.3 Å². The van der Waals surface area contributed by atoms with Crippen molar-refractivity contribution in [2.24, 2.45) is 0 Å². The highest BCUT2D eigenvalue weighted by Gasteiger charge is 2.20. The molecule has 2 heterocycles. The van der Waals surface area contributed by atoms with Crippen LogP contribution in [0.1, 0.15) is 31.1 Å². The molecule has 10 heteroatoms. The minimum atomic E-state index is -0.568. The van der Waals surface area contributed by atoms with Crippen LogP contribution in [0, 0.1) is 5.41 Å². The molecule has 0 radical (unpaired) electrons. The lowest BCUT2D eigenvalue weighted by Crippen LogP contribution is -2.46. The number of nitrogens with zero attached hydrogens (tertiary/aromatic N) is 3. The van der Waals surface area contributed by atoms with Gasteiger partial charge in [-0.15, -0.1) is 0 Å². The van der Waals surface area contributed by atoms with Gasteiger partial charge in [0.15, 0.2) is 0 Å². The molecule has 8 nitrogen and oxygen atoms in total. The number of rotatable bonds is 8. The fourth-order valence-corrected chi connectivity index (χ4v) is 4.96. The van der Waals surface area contributed by atoms with Gasteiger partial charge in [0, 0.05) is 66.8 Å². The highest BCUT2D eigenvalue weighted by Crippen LogP contribution is 2.33. The number of aromatic nitrogens is 1. The minimum absolute atomic E-state index is 0.263. The molecule has 3 aromatic rings. The first kappa shape index (κ1) is 26.7. The molecule has 37 heavy (non-hydrogen) atoms. The molecular formula is C27H30Cl2N6O2. The number of benzene rings is 2. The Morgan fingerprint density at radius 3 is 2.38 bits per heavy atom. The first-order valence-electron chi connectivity index (χ1n) is 12.1. The predicted octanol–water partition coefficient (Wildman–Crippen LogP) is 5.26. The first-order chi connectivity index (χ1) is 17.8. The summed E-state index contributed by atoms with van der Waals surface area (Å²) in [6.45, 7) is 9.07. The minimum Gasteiger partial charge on any atom is -0.486 e. The van der Waals surface area contributed by atoms with E-state index >= 15 is 0 Å². The number of carbonyl (C=O) groups is 1. The van der Waals surface area contributed by atoms with Gasteiger partial charge in [0.1, 0.15) is 17.6 Å². The van der Waals surface area contributed by atoms with E-state index in [0.717, 1.165) is 38.4 Å². The lowest BCUT2D eigenvalue weighted by Gasteiger charge is -2.35. The van der Waals surface area contributed by atoms with Crippen LogP contribution in [0.5, 0.6) is 5.75 Å². The van der Waals surface area contributed by atoms with Gasteiger partial charge >= 0.3 is 0 Å². The number of hydrogen-bond acceptors (Lipinski definition) is 7. The molecule has 1 aliphatic heterocycles. The Balaban J connectivity index is 1.42. The van der Waals surface area contributed by atoms with Crippen LogP contribution in [0.2, 0.25) is 10.0 Å². The summed E-state index contributed by atoms with van der Waals surface area (Å²) in [5.41, 5.74) is 8.70. The molecule has 0 spiro atoms. The number of nitrogen functional groups attached to an aromatic ring is 1. The maximum atomic E-state index is 12.9. The van der Waals surface area contributed by atoms with E-state index in [1.165, 1.54) is 12.4 Å². The molecule has 4 N–H and O–H groups in total. The van der Waals surface area contributed by atoms with Gasteiger partial charge in [-0.3, -0.25) is 15.2 Å². The van der Waals surface area contributed by atoms with Gasteiger partial charge in [-0.25, -0.2) is 0 Å². The molecule has 4 rings (SSSR count). The molecule has 1 fully saturated rings. The third-order valence-electron chi connectivity index (χ3n) is 6.44. The molecule has 0 saturated carbocycles. The summed E-state index contributed by atoms with van der Waals surface area (Å²) < 4.78 is 6.00. The van der Waals surface area contributed by atoms with Crippen LogP contribution in [-0.2, 0) is 4.79 Å². The van der Waals surface area contributed by atoms with Crippen LogP contribution in [0.4, 0.5) is 17.1 Å². The van der Waals surface area contributed by atoms with Crippen molar-refractivity contribution in [2.75, 3.05) is 48.7 Å². The molecule has 1 aliphatic rings. The van der Waals surface area contributed by atoms with Crippen molar-refractivity contribution in [3.8, 4) is 5.75 Å². The number of pyridine rings is 1. The van der Waals surface area contributed by atoms with Gasteiger partial charge in [-0.2, -0.15) is 0 Å². The fourth-order valence-electron chi connectivity index (χ4n) is 4.29. The van der Waals surface area contributed by atoms with Crippen molar-refractivity contribution >= 4 is 51.9 Å². The van der Waals surface area contributed by atoms with Crippen molar-refractivity contribution in [1.29, 1.82) is 5.41 Å². The van der Waals surface area contributed by atoms with Crippen molar-refractivity contribution in [2.45, 2.75) is 20.0 Å². The second-order valence-corrected chi connectivity index (χ2v) is 9.64. The number of amides is 1. The Bertz CT molecular complexity index is 1260. The molecule has 1 atom stereocenters. The highest BCUT2D eigenvalue weighted by atomic mass is 35.5. The SMILES string of the molecule is CCN1CCN(c2ccc(NC(=O)C(=N)c3cc(OC(C)c4c(Cl)cncc4Cl)ccc3N)cc2)CC1. The van der Waals surface area contributed by atoms with Gasteiger partial charge in [0.05, 0.1) is 10.0 Å². The average Bonchev–Trinajstić information content (AvgIpc) is 2.90. The predicted molar refractivity (Wildman–Crippen MR) is 150 cm³/mol. The van der Waals surface area contributed by atoms with E-state index < -0.39 is 12.0 Å². The van der Waals surface area contributed by atoms with E-state index in [1.807, 2.05) is 24.3 Å². The lowest BCUT2D eigenvalue weighted by atomic mass is 10.1. The van der Waals surface area contributed by atoms with E-state index in [2.05, 4.69) is 27.0 Å². The largest absolute Gasteiger partial charge is 0.486 e. The molecule has 1 saturated heterocycles. The van der Waals surface area contributed by atoms with Crippen molar-refractivity contribution < 1.29 is 9.53 Å².